The first-order valence-corrected chi connectivity index (χ1v) is 7.66. The maximum Gasteiger partial charge on any atom is 0.156 e. The molecule has 2 nitrogen and oxygen atoms in total. The number of hydrogen-bond donors (Lipinski definition) is 1. The number of nitrogens with two attached hydrogens (primary N) is 1. The molecule has 2 rings (SSSR count). The molecule has 0 fully saturated rings. The zero-order valence-corrected chi connectivity index (χ0v) is 13.8. The molecule has 1 atom stereocenters. The number of rotatable bonds is 5. The van der Waals surface area contributed by atoms with E-state index in [2.05, 4.69) is 0 Å². The van der Waals surface area contributed by atoms with E-state index in [1.54, 1.807) is 7.11 Å². The molecule has 0 aliphatic carbocycles. The van der Waals surface area contributed by atoms with Crippen molar-refractivity contribution in [1.82, 2.24) is 0 Å². The molecule has 0 aromatic heterocycles. The average molecular weight is 345 g/mol. The summed E-state index contributed by atoms with van der Waals surface area (Å²) < 4.78 is 5.16. The lowest BCUT2D eigenvalue weighted by Gasteiger charge is -2.17. The number of ether oxygens (including phenoxy) is 1. The van der Waals surface area contributed by atoms with Gasteiger partial charge < -0.3 is 10.5 Å². The van der Waals surface area contributed by atoms with Crippen LogP contribution in [0.15, 0.2) is 36.4 Å². The first-order valence-electron chi connectivity index (χ1n) is 6.52. The second-order valence-corrected chi connectivity index (χ2v) is 6.03. The van der Waals surface area contributed by atoms with Gasteiger partial charge in [0.05, 0.1) is 17.2 Å². The Morgan fingerprint density at radius 2 is 1.62 bits per heavy atom. The van der Waals surface area contributed by atoms with Crippen LogP contribution < -0.4 is 10.5 Å². The Hall–Kier alpha value is -0.930. The van der Waals surface area contributed by atoms with Gasteiger partial charge in [-0.2, -0.15) is 0 Å². The van der Waals surface area contributed by atoms with Gasteiger partial charge in [0.2, 0.25) is 0 Å². The van der Waals surface area contributed by atoms with Crippen LogP contribution in [0.4, 0.5) is 0 Å². The van der Waals surface area contributed by atoms with Gasteiger partial charge in [0, 0.05) is 10.9 Å². The average Bonchev–Trinajstić information content (AvgIpc) is 2.45. The normalized spacial score (nSPS) is 12.2. The van der Waals surface area contributed by atoms with E-state index < -0.39 is 0 Å². The van der Waals surface area contributed by atoms with E-state index in [0.29, 0.717) is 27.4 Å². The molecule has 0 aliphatic rings. The van der Waals surface area contributed by atoms with Crippen LogP contribution in [0.25, 0.3) is 0 Å². The van der Waals surface area contributed by atoms with Crippen LogP contribution in [0.2, 0.25) is 15.1 Å². The van der Waals surface area contributed by atoms with Crippen molar-refractivity contribution >= 4 is 34.8 Å². The highest BCUT2D eigenvalue weighted by Gasteiger charge is 2.14. The van der Waals surface area contributed by atoms with E-state index in [-0.39, 0.29) is 5.92 Å². The quantitative estimate of drug-likeness (QED) is 0.833. The summed E-state index contributed by atoms with van der Waals surface area (Å²) >= 11 is 18.3. The van der Waals surface area contributed by atoms with Crippen LogP contribution in [0.1, 0.15) is 17.0 Å². The molecule has 0 aliphatic heterocycles. The van der Waals surface area contributed by atoms with E-state index in [0.717, 1.165) is 17.5 Å². The maximum atomic E-state index is 6.17. The van der Waals surface area contributed by atoms with Crippen molar-refractivity contribution in [1.29, 1.82) is 0 Å². The third kappa shape index (κ3) is 4.04. The largest absolute Gasteiger partial charge is 0.494 e. The van der Waals surface area contributed by atoms with Crippen LogP contribution in [0.3, 0.4) is 0 Å². The van der Waals surface area contributed by atoms with E-state index >= 15 is 0 Å². The van der Waals surface area contributed by atoms with E-state index in [9.17, 15) is 0 Å². The van der Waals surface area contributed by atoms with Crippen LogP contribution in [-0.2, 0) is 6.42 Å². The summed E-state index contributed by atoms with van der Waals surface area (Å²) in [6.07, 6.45) is 0.752. The molecule has 5 heteroatoms. The third-order valence-electron chi connectivity index (χ3n) is 3.37. The Morgan fingerprint density at radius 3 is 2.10 bits per heavy atom. The first-order chi connectivity index (χ1) is 10.0. The minimum absolute atomic E-state index is 0.183. The molecular formula is C16H16Cl3NO. The summed E-state index contributed by atoms with van der Waals surface area (Å²) in [5.74, 6) is 0.681. The monoisotopic (exact) mass is 343 g/mol. The number of methoxy groups -OCH3 is 1. The summed E-state index contributed by atoms with van der Waals surface area (Å²) in [4.78, 5) is 0. The van der Waals surface area contributed by atoms with E-state index in [1.807, 2.05) is 36.4 Å². The lowest BCUT2D eigenvalue weighted by atomic mass is 9.92. The van der Waals surface area contributed by atoms with Gasteiger partial charge in [-0.3, -0.25) is 0 Å². The highest BCUT2D eigenvalue weighted by atomic mass is 35.5. The fourth-order valence-electron chi connectivity index (χ4n) is 2.28. The van der Waals surface area contributed by atoms with Gasteiger partial charge in [-0.25, -0.2) is 0 Å². The SMILES string of the molecule is COc1c(Cl)cc(CC(CN)c2ccc(Cl)cc2)cc1Cl. The number of benzene rings is 2. The topological polar surface area (TPSA) is 35.2 Å². The molecular weight excluding hydrogens is 329 g/mol. The van der Waals surface area contributed by atoms with Crippen molar-refractivity contribution in [3.8, 4) is 5.75 Å². The molecule has 21 heavy (non-hydrogen) atoms. The predicted octanol–water partition coefficient (Wildman–Crippen LogP) is 4.94. The summed E-state index contributed by atoms with van der Waals surface area (Å²) in [6, 6.07) is 11.5. The molecule has 0 amide bonds. The van der Waals surface area contributed by atoms with Crippen molar-refractivity contribution in [2.24, 2.45) is 5.73 Å². The van der Waals surface area contributed by atoms with Crippen molar-refractivity contribution in [2.75, 3.05) is 13.7 Å². The first kappa shape index (κ1) is 16.4. The van der Waals surface area contributed by atoms with Crippen molar-refractivity contribution in [2.45, 2.75) is 12.3 Å². The molecule has 0 spiro atoms. The van der Waals surface area contributed by atoms with Gasteiger partial charge >= 0.3 is 0 Å². The van der Waals surface area contributed by atoms with Crippen LogP contribution in [0, 0.1) is 0 Å². The summed E-state index contributed by atoms with van der Waals surface area (Å²) in [5, 5.41) is 1.73. The Labute approximate surface area is 139 Å². The summed E-state index contributed by atoms with van der Waals surface area (Å²) in [6.45, 7) is 0.531. The van der Waals surface area contributed by atoms with Crippen molar-refractivity contribution < 1.29 is 4.74 Å². The van der Waals surface area contributed by atoms with Crippen LogP contribution in [0.5, 0.6) is 5.75 Å². The molecule has 0 saturated heterocycles. The Morgan fingerprint density at radius 1 is 1.05 bits per heavy atom. The fourth-order valence-corrected chi connectivity index (χ4v) is 3.09. The molecule has 0 saturated carbocycles. The minimum atomic E-state index is 0.183. The zero-order valence-electron chi connectivity index (χ0n) is 11.6. The molecule has 2 aromatic rings. The second kappa shape index (κ2) is 7.37. The Kier molecular flexibility index (Phi) is 5.77. The molecule has 2 aromatic carbocycles. The fraction of sp³-hybridized carbons (Fsp3) is 0.250. The van der Waals surface area contributed by atoms with Gasteiger partial charge in [0.1, 0.15) is 0 Å². The van der Waals surface area contributed by atoms with Crippen LogP contribution >= 0.6 is 34.8 Å². The van der Waals surface area contributed by atoms with Gasteiger partial charge in [-0.1, -0.05) is 46.9 Å². The van der Waals surface area contributed by atoms with E-state index in [4.69, 9.17) is 45.3 Å². The van der Waals surface area contributed by atoms with E-state index in [1.165, 1.54) is 0 Å². The molecule has 2 N–H and O–H groups in total. The molecule has 1 unspecified atom stereocenters. The minimum Gasteiger partial charge on any atom is -0.494 e. The van der Waals surface area contributed by atoms with Gasteiger partial charge in [0.25, 0.3) is 0 Å². The molecule has 0 heterocycles. The van der Waals surface area contributed by atoms with Gasteiger partial charge in [0.15, 0.2) is 5.75 Å². The molecule has 0 bridgehead atoms. The third-order valence-corrected chi connectivity index (χ3v) is 4.18. The highest BCUT2D eigenvalue weighted by Crippen LogP contribution is 2.35. The number of halogens is 3. The van der Waals surface area contributed by atoms with Gasteiger partial charge in [-0.15, -0.1) is 0 Å². The Balaban J connectivity index is 2.24. The number of hydrogen-bond acceptors (Lipinski definition) is 2. The lowest BCUT2D eigenvalue weighted by Crippen LogP contribution is -2.15. The highest BCUT2D eigenvalue weighted by molar-refractivity contribution is 6.37. The predicted molar refractivity (Wildman–Crippen MR) is 90.0 cm³/mol. The summed E-state index contributed by atoms with van der Waals surface area (Å²) in [7, 11) is 1.54. The second-order valence-electron chi connectivity index (χ2n) is 4.78. The Bertz CT molecular complexity index is 590. The lowest BCUT2D eigenvalue weighted by molar-refractivity contribution is 0.415. The van der Waals surface area contributed by atoms with Crippen molar-refractivity contribution in [3.05, 3.63) is 62.6 Å². The standard InChI is InChI=1S/C16H16Cl3NO/c1-21-16-14(18)7-10(8-15(16)19)6-12(9-20)11-2-4-13(17)5-3-11/h2-5,7-8,12H,6,9,20H2,1H3. The van der Waals surface area contributed by atoms with Crippen LogP contribution in [-0.4, -0.2) is 13.7 Å². The molecule has 0 radical (unpaired) electrons. The van der Waals surface area contributed by atoms with Gasteiger partial charge in [-0.05, 0) is 48.4 Å². The molecule has 112 valence electrons. The smallest absolute Gasteiger partial charge is 0.156 e. The summed E-state index contributed by atoms with van der Waals surface area (Å²) in [5.41, 5.74) is 8.07. The zero-order chi connectivity index (χ0) is 15.4. The van der Waals surface area contributed by atoms with Crippen molar-refractivity contribution in [3.63, 3.8) is 0 Å². The maximum absolute atomic E-state index is 6.17.